The van der Waals surface area contributed by atoms with Gasteiger partial charge in [0.15, 0.2) is 28.1 Å². The first-order chi connectivity index (χ1) is 13.3. The Morgan fingerprint density at radius 3 is 2.67 bits per heavy atom. The molecule has 0 unspecified atom stereocenters. The Kier molecular flexibility index (Phi) is 5.02. The molecule has 0 aliphatic carbocycles. The Morgan fingerprint density at radius 2 is 1.81 bits per heavy atom. The topological polar surface area (TPSA) is 61.8 Å². The van der Waals surface area contributed by atoms with Crippen LogP contribution in [0.4, 0.5) is 10.8 Å². The van der Waals surface area contributed by atoms with E-state index in [-0.39, 0.29) is 6.79 Å². The molecule has 0 radical (unpaired) electrons. The van der Waals surface area contributed by atoms with E-state index in [9.17, 15) is 0 Å². The SMILES string of the molecule is CCOc1ccc(-c2csc(Nc3ccc4c(c3)OCO4)n2)cc1OCC. The van der Waals surface area contributed by atoms with Crippen LogP contribution in [0.5, 0.6) is 23.0 Å². The summed E-state index contributed by atoms with van der Waals surface area (Å²) in [6, 6.07) is 11.6. The van der Waals surface area contributed by atoms with Crippen LogP contribution in [0.15, 0.2) is 41.8 Å². The number of aromatic nitrogens is 1. The number of hydrogen-bond donors (Lipinski definition) is 1. The van der Waals surface area contributed by atoms with Crippen molar-refractivity contribution in [2.75, 3.05) is 25.3 Å². The van der Waals surface area contributed by atoms with E-state index in [1.807, 2.05) is 55.6 Å². The summed E-state index contributed by atoms with van der Waals surface area (Å²) in [6.45, 7) is 5.36. The molecule has 0 bridgehead atoms. The van der Waals surface area contributed by atoms with Gasteiger partial charge >= 0.3 is 0 Å². The lowest BCUT2D eigenvalue weighted by molar-refractivity contribution is 0.174. The van der Waals surface area contributed by atoms with Gasteiger partial charge in [-0.2, -0.15) is 0 Å². The van der Waals surface area contributed by atoms with Gasteiger partial charge in [0, 0.05) is 22.7 Å². The van der Waals surface area contributed by atoms with E-state index in [4.69, 9.17) is 18.9 Å². The third-order valence-corrected chi connectivity index (χ3v) is 4.72. The molecule has 1 aliphatic heterocycles. The van der Waals surface area contributed by atoms with Crippen molar-refractivity contribution in [2.24, 2.45) is 0 Å². The number of hydrogen-bond acceptors (Lipinski definition) is 7. The van der Waals surface area contributed by atoms with Gasteiger partial charge in [0.2, 0.25) is 6.79 Å². The summed E-state index contributed by atoms with van der Waals surface area (Å²) in [6.07, 6.45) is 0. The summed E-state index contributed by atoms with van der Waals surface area (Å²) in [7, 11) is 0. The molecule has 0 amide bonds. The molecule has 0 saturated heterocycles. The van der Waals surface area contributed by atoms with Crippen LogP contribution in [0.25, 0.3) is 11.3 Å². The first kappa shape index (κ1) is 17.5. The number of anilines is 2. The molecule has 2 aromatic carbocycles. The van der Waals surface area contributed by atoms with Crippen LogP contribution in [0.2, 0.25) is 0 Å². The van der Waals surface area contributed by atoms with Crippen LogP contribution in [0.3, 0.4) is 0 Å². The number of rotatable bonds is 7. The molecule has 4 rings (SSSR count). The van der Waals surface area contributed by atoms with E-state index in [1.165, 1.54) is 11.3 Å². The average Bonchev–Trinajstić information content (AvgIpc) is 3.32. The van der Waals surface area contributed by atoms with E-state index in [0.717, 1.165) is 45.1 Å². The molecule has 1 N–H and O–H groups in total. The second-order valence-corrected chi connectivity index (χ2v) is 6.62. The van der Waals surface area contributed by atoms with E-state index in [1.54, 1.807) is 0 Å². The zero-order chi connectivity index (χ0) is 18.6. The molecule has 1 aliphatic rings. The van der Waals surface area contributed by atoms with Crippen molar-refractivity contribution in [2.45, 2.75) is 13.8 Å². The fourth-order valence-electron chi connectivity index (χ4n) is 2.77. The van der Waals surface area contributed by atoms with Crippen LogP contribution in [-0.2, 0) is 0 Å². The molecule has 6 nitrogen and oxygen atoms in total. The highest BCUT2D eigenvalue weighted by molar-refractivity contribution is 7.14. The second-order valence-electron chi connectivity index (χ2n) is 5.76. The van der Waals surface area contributed by atoms with E-state index >= 15 is 0 Å². The number of thiazole rings is 1. The Hall–Kier alpha value is -2.93. The summed E-state index contributed by atoms with van der Waals surface area (Å²) >= 11 is 1.54. The molecule has 0 spiro atoms. The maximum atomic E-state index is 5.71. The Morgan fingerprint density at radius 1 is 1.00 bits per heavy atom. The Labute approximate surface area is 161 Å². The molecule has 3 aromatic rings. The highest BCUT2D eigenvalue weighted by Crippen LogP contribution is 2.37. The molecule has 0 atom stereocenters. The molecular weight excluding hydrogens is 364 g/mol. The van der Waals surface area contributed by atoms with Crippen LogP contribution in [-0.4, -0.2) is 25.0 Å². The van der Waals surface area contributed by atoms with E-state index in [2.05, 4.69) is 10.3 Å². The molecule has 7 heteroatoms. The fourth-order valence-corrected chi connectivity index (χ4v) is 3.51. The van der Waals surface area contributed by atoms with E-state index < -0.39 is 0 Å². The lowest BCUT2D eigenvalue weighted by Gasteiger charge is -2.11. The zero-order valence-corrected chi connectivity index (χ0v) is 16.0. The third kappa shape index (κ3) is 3.78. The number of nitrogens with zero attached hydrogens (tertiary/aromatic N) is 1. The van der Waals surface area contributed by atoms with Gasteiger partial charge in [-0.25, -0.2) is 4.98 Å². The summed E-state index contributed by atoms with van der Waals surface area (Å²) in [5, 5.41) is 6.13. The largest absolute Gasteiger partial charge is 0.490 e. The zero-order valence-electron chi connectivity index (χ0n) is 15.2. The monoisotopic (exact) mass is 384 g/mol. The number of nitrogens with one attached hydrogen (secondary N) is 1. The molecule has 27 heavy (non-hydrogen) atoms. The standard InChI is InChI=1S/C20H20N2O4S/c1-3-23-16-7-5-13(9-18(16)24-4-2)15-11-27-20(22-15)21-14-6-8-17-19(10-14)26-12-25-17/h5-11H,3-4,12H2,1-2H3,(H,21,22). The van der Waals surface area contributed by atoms with Gasteiger partial charge in [-0.1, -0.05) is 0 Å². The van der Waals surface area contributed by atoms with Crippen molar-refractivity contribution in [1.82, 2.24) is 4.98 Å². The molecule has 140 valence electrons. The fraction of sp³-hybridized carbons (Fsp3) is 0.250. The van der Waals surface area contributed by atoms with Crippen LogP contribution < -0.4 is 24.3 Å². The van der Waals surface area contributed by atoms with Crippen LogP contribution in [0, 0.1) is 0 Å². The van der Waals surface area contributed by atoms with Crippen molar-refractivity contribution in [3.63, 3.8) is 0 Å². The molecular formula is C20H20N2O4S. The van der Waals surface area contributed by atoms with Crippen LogP contribution in [0.1, 0.15) is 13.8 Å². The normalized spacial score (nSPS) is 12.1. The van der Waals surface area contributed by atoms with E-state index in [0.29, 0.717) is 13.2 Å². The van der Waals surface area contributed by atoms with Gasteiger partial charge in [0.25, 0.3) is 0 Å². The van der Waals surface area contributed by atoms with Gasteiger partial charge < -0.3 is 24.3 Å². The van der Waals surface area contributed by atoms with Crippen LogP contribution >= 0.6 is 11.3 Å². The number of fused-ring (bicyclic) bond motifs is 1. The Balaban J connectivity index is 1.54. The van der Waals surface area contributed by atoms with Gasteiger partial charge in [-0.05, 0) is 44.2 Å². The van der Waals surface area contributed by atoms with Gasteiger partial charge in [-0.3, -0.25) is 0 Å². The van der Waals surface area contributed by atoms with Gasteiger partial charge in [0.05, 0.1) is 18.9 Å². The van der Waals surface area contributed by atoms with Crippen molar-refractivity contribution in [3.8, 4) is 34.3 Å². The van der Waals surface area contributed by atoms with Gasteiger partial charge in [-0.15, -0.1) is 11.3 Å². The minimum atomic E-state index is 0.264. The number of benzene rings is 2. The summed E-state index contributed by atoms with van der Waals surface area (Å²) in [5.74, 6) is 2.98. The predicted molar refractivity (Wildman–Crippen MR) is 106 cm³/mol. The quantitative estimate of drug-likeness (QED) is 0.613. The lowest BCUT2D eigenvalue weighted by atomic mass is 10.1. The lowest BCUT2D eigenvalue weighted by Crippen LogP contribution is -1.98. The minimum absolute atomic E-state index is 0.264. The minimum Gasteiger partial charge on any atom is -0.490 e. The smallest absolute Gasteiger partial charge is 0.231 e. The summed E-state index contributed by atoms with van der Waals surface area (Å²) in [4.78, 5) is 4.69. The highest BCUT2D eigenvalue weighted by atomic mass is 32.1. The summed E-state index contributed by atoms with van der Waals surface area (Å²) < 4.78 is 22.1. The van der Waals surface area contributed by atoms with Gasteiger partial charge in [0.1, 0.15) is 0 Å². The first-order valence-corrected chi connectivity index (χ1v) is 9.67. The third-order valence-electron chi connectivity index (χ3n) is 3.97. The predicted octanol–water partition coefficient (Wildman–Crippen LogP) is 5.08. The maximum Gasteiger partial charge on any atom is 0.231 e. The van der Waals surface area contributed by atoms with Crippen molar-refractivity contribution in [1.29, 1.82) is 0 Å². The molecule has 0 saturated carbocycles. The Bertz CT molecular complexity index is 941. The molecule has 2 heterocycles. The average molecular weight is 384 g/mol. The second kappa shape index (κ2) is 7.75. The maximum absolute atomic E-state index is 5.71. The molecule has 1 aromatic heterocycles. The molecule has 0 fully saturated rings. The van der Waals surface area contributed by atoms with Crippen molar-refractivity contribution in [3.05, 3.63) is 41.8 Å². The van der Waals surface area contributed by atoms with Crippen molar-refractivity contribution < 1.29 is 18.9 Å². The first-order valence-electron chi connectivity index (χ1n) is 8.79. The van der Waals surface area contributed by atoms with Crippen molar-refractivity contribution >= 4 is 22.2 Å². The number of ether oxygens (including phenoxy) is 4. The highest BCUT2D eigenvalue weighted by Gasteiger charge is 2.14. The summed E-state index contributed by atoms with van der Waals surface area (Å²) in [5.41, 5.74) is 2.77.